The second-order valence-electron chi connectivity index (χ2n) is 9.99. The Labute approximate surface area is 201 Å². The fourth-order valence-electron chi connectivity index (χ4n) is 6.85. The third kappa shape index (κ3) is 3.21. The van der Waals surface area contributed by atoms with E-state index in [1.54, 1.807) is 11.1 Å². The Morgan fingerprint density at radius 1 is 0.794 bits per heavy atom. The lowest BCUT2D eigenvalue weighted by Crippen LogP contribution is -2.19. The van der Waals surface area contributed by atoms with Gasteiger partial charge in [0.1, 0.15) is 18.1 Å². The molecule has 1 unspecified atom stereocenters. The van der Waals surface area contributed by atoms with Crippen LogP contribution in [0, 0.1) is 0 Å². The normalized spacial score (nSPS) is 22.3. The van der Waals surface area contributed by atoms with Gasteiger partial charge in [-0.15, -0.1) is 0 Å². The predicted molar refractivity (Wildman–Crippen MR) is 136 cm³/mol. The van der Waals surface area contributed by atoms with E-state index in [1.165, 1.54) is 52.5 Å². The molecule has 1 aromatic heterocycles. The van der Waals surface area contributed by atoms with Gasteiger partial charge in [-0.25, -0.2) is 0 Å². The van der Waals surface area contributed by atoms with E-state index in [-0.39, 0.29) is 0 Å². The van der Waals surface area contributed by atoms with Crippen LogP contribution in [0.5, 0.6) is 11.5 Å². The molecular formula is C29H33N3O2. The molecule has 34 heavy (non-hydrogen) atoms. The first kappa shape index (κ1) is 20.6. The zero-order chi connectivity index (χ0) is 22.5. The maximum Gasteiger partial charge on any atom is 0.143 e. The lowest BCUT2D eigenvalue weighted by molar-refractivity contribution is 0.276. The van der Waals surface area contributed by atoms with E-state index >= 15 is 0 Å². The van der Waals surface area contributed by atoms with Crippen LogP contribution in [0.15, 0.2) is 42.0 Å². The number of para-hydroxylation sites is 1. The Balaban J connectivity index is 0.000000118. The second kappa shape index (κ2) is 8.47. The highest BCUT2D eigenvalue weighted by Crippen LogP contribution is 2.52. The first-order chi connectivity index (χ1) is 16.9. The van der Waals surface area contributed by atoms with Crippen LogP contribution in [-0.4, -0.2) is 44.0 Å². The van der Waals surface area contributed by atoms with Gasteiger partial charge in [-0.1, -0.05) is 29.8 Å². The molecule has 8 rings (SSSR count). The average molecular weight is 456 g/mol. The third-order valence-corrected chi connectivity index (χ3v) is 8.27. The lowest BCUT2D eigenvalue weighted by Gasteiger charge is -2.25. The lowest BCUT2D eigenvalue weighted by atomic mass is 9.89. The van der Waals surface area contributed by atoms with Gasteiger partial charge in [0.25, 0.3) is 0 Å². The number of nitrogens with zero attached hydrogens (tertiary/aromatic N) is 1. The molecule has 0 fully saturated rings. The van der Waals surface area contributed by atoms with Gasteiger partial charge in [0.05, 0.1) is 18.7 Å². The smallest absolute Gasteiger partial charge is 0.143 e. The quantitative estimate of drug-likeness (QED) is 0.527. The van der Waals surface area contributed by atoms with Gasteiger partial charge in [0.2, 0.25) is 0 Å². The van der Waals surface area contributed by atoms with Crippen LogP contribution >= 0.6 is 0 Å². The molecule has 0 saturated carbocycles. The van der Waals surface area contributed by atoms with Gasteiger partial charge in [-0.2, -0.15) is 0 Å². The molecule has 3 aromatic rings. The zero-order valence-corrected chi connectivity index (χ0v) is 19.8. The number of ether oxygens (including phenoxy) is 2. The molecular weight excluding hydrogens is 422 g/mol. The van der Waals surface area contributed by atoms with Crippen molar-refractivity contribution in [2.75, 3.05) is 39.4 Å². The van der Waals surface area contributed by atoms with Crippen LogP contribution in [0.2, 0.25) is 0 Å². The van der Waals surface area contributed by atoms with Gasteiger partial charge in [0.15, 0.2) is 0 Å². The molecule has 1 aliphatic carbocycles. The van der Waals surface area contributed by atoms with Crippen molar-refractivity contribution in [3.8, 4) is 11.5 Å². The summed E-state index contributed by atoms with van der Waals surface area (Å²) in [4.78, 5) is 0. The summed E-state index contributed by atoms with van der Waals surface area (Å²) in [7, 11) is 0. The Morgan fingerprint density at radius 3 is 2.56 bits per heavy atom. The Bertz CT molecular complexity index is 1290. The third-order valence-electron chi connectivity index (χ3n) is 8.27. The van der Waals surface area contributed by atoms with E-state index < -0.39 is 0 Å². The Morgan fingerprint density at radius 2 is 1.59 bits per heavy atom. The SMILES string of the molecule is c1cc2c3c(c1)C1=C(CCNCC1)C3CCO2.c1cc2c3c(c1)c1c(n3CCO2)CCNCC1. The van der Waals surface area contributed by atoms with Crippen LogP contribution in [0.3, 0.4) is 0 Å². The number of hydrogen-bond donors (Lipinski definition) is 2. The minimum absolute atomic E-state index is 0.657. The fraction of sp³-hybridized carbons (Fsp3) is 0.448. The van der Waals surface area contributed by atoms with Gasteiger partial charge in [-0.3, -0.25) is 0 Å². The minimum atomic E-state index is 0.657. The fourth-order valence-corrected chi connectivity index (χ4v) is 6.85. The van der Waals surface area contributed by atoms with E-state index in [0.29, 0.717) is 5.92 Å². The van der Waals surface area contributed by atoms with E-state index in [4.69, 9.17) is 9.47 Å². The van der Waals surface area contributed by atoms with Gasteiger partial charge >= 0.3 is 0 Å². The number of aromatic nitrogens is 1. The molecule has 2 aromatic carbocycles. The number of benzene rings is 2. The zero-order valence-electron chi connectivity index (χ0n) is 19.8. The summed E-state index contributed by atoms with van der Waals surface area (Å²) >= 11 is 0. The van der Waals surface area contributed by atoms with Gasteiger partial charge < -0.3 is 24.7 Å². The monoisotopic (exact) mass is 455 g/mol. The molecule has 1 atom stereocenters. The maximum atomic E-state index is 5.81. The predicted octanol–water partition coefficient (Wildman–Crippen LogP) is 4.43. The standard InChI is InChI=1S/C15H17NO.C14H16N2O/c1-2-12-10-4-7-16-8-5-11(10)13-6-9-17-14(3-1)15(12)13;1-2-11-10-4-6-15-7-5-12(10)16-8-9-17-13(3-1)14(11)16/h1-3,13,16H,4-9H2;1-3,15H,4-9H2. The topological polar surface area (TPSA) is 47.5 Å². The highest BCUT2D eigenvalue weighted by Gasteiger charge is 2.35. The second-order valence-corrected chi connectivity index (χ2v) is 9.99. The molecule has 5 heteroatoms. The Kier molecular flexibility index (Phi) is 5.13. The highest BCUT2D eigenvalue weighted by molar-refractivity contribution is 5.91. The van der Waals surface area contributed by atoms with Crippen molar-refractivity contribution in [2.24, 2.45) is 0 Å². The van der Waals surface area contributed by atoms with Crippen molar-refractivity contribution in [1.82, 2.24) is 15.2 Å². The summed E-state index contributed by atoms with van der Waals surface area (Å²) in [6.45, 7) is 7.14. The van der Waals surface area contributed by atoms with Crippen LogP contribution in [0.4, 0.5) is 0 Å². The largest absolute Gasteiger partial charge is 0.493 e. The molecule has 2 N–H and O–H groups in total. The number of rotatable bonds is 0. The maximum absolute atomic E-state index is 5.81. The molecule has 0 saturated heterocycles. The summed E-state index contributed by atoms with van der Waals surface area (Å²) in [6.07, 6.45) is 5.85. The van der Waals surface area contributed by atoms with E-state index in [1.807, 2.05) is 0 Å². The first-order valence-corrected chi connectivity index (χ1v) is 13.1. The summed E-state index contributed by atoms with van der Waals surface area (Å²) < 4.78 is 14.1. The molecule has 176 valence electrons. The van der Waals surface area contributed by atoms with E-state index in [9.17, 15) is 0 Å². The molecule has 0 amide bonds. The van der Waals surface area contributed by atoms with Crippen LogP contribution in [0.1, 0.15) is 47.6 Å². The van der Waals surface area contributed by atoms with Crippen LogP contribution in [0.25, 0.3) is 16.5 Å². The van der Waals surface area contributed by atoms with Gasteiger partial charge in [-0.05, 0) is 74.2 Å². The number of nitrogens with one attached hydrogen (secondary N) is 2. The van der Waals surface area contributed by atoms with E-state index in [2.05, 4.69) is 51.6 Å². The highest BCUT2D eigenvalue weighted by atomic mass is 16.5. The van der Waals surface area contributed by atoms with Crippen molar-refractivity contribution in [3.05, 3.63) is 64.4 Å². The molecule has 0 spiro atoms. The summed E-state index contributed by atoms with van der Waals surface area (Å²) in [5.41, 5.74) is 10.7. The molecule has 0 radical (unpaired) electrons. The first-order valence-electron chi connectivity index (χ1n) is 13.1. The van der Waals surface area contributed by atoms with Crippen molar-refractivity contribution >= 4 is 16.5 Å². The molecule has 5 heterocycles. The van der Waals surface area contributed by atoms with Crippen molar-refractivity contribution in [2.45, 2.75) is 44.6 Å². The summed E-state index contributed by atoms with van der Waals surface area (Å²) in [5.74, 6) is 2.86. The van der Waals surface area contributed by atoms with Gasteiger partial charge in [0, 0.05) is 35.5 Å². The van der Waals surface area contributed by atoms with Crippen molar-refractivity contribution < 1.29 is 9.47 Å². The number of fused-ring (bicyclic) bond motifs is 5. The molecule has 0 bridgehead atoms. The van der Waals surface area contributed by atoms with Crippen LogP contribution in [-0.2, 0) is 19.4 Å². The molecule has 5 nitrogen and oxygen atoms in total. The summed E-state index contributed by atoms with van der Waals surface area (Å²) in [6, 6.07) is 13.0. The van der Waals surface area contributed by atoms with Crippen LogP contribution < -0.4 is 20.1 Å². The molecule has 4 aliphatic heterocycles. The van der Waals surface area contributed by atoms with Crippen molar-refractivity contribution in [1.29, 1.82) is 0 Å². The minimum Gasteiger partial charge on any atom is -0.493 e. The Hall–Kier alpha value is -2.76. The number of hydrogen-bond acceptors (Lipinski definition) is 4. The summed E-state index contributed by atoms with van der Waals surface area (Å²) in [5, 5.41) is 8.40. The van der Waals surface area contributed by atoms with Crippen molar-refractivity contribution in [3.63, 3.8) is 0 Å². The average Bonchev–Trinajstić information content (AvgIpc) is 3.13. The van der Waals surface area contributed by atoms with E-state index in [0.717, 1.165) is 70.3 Å². The molecule has 5 aliphatic rings.